The zero-order valence-electron chi connectivity index (χ0n) is 12.5. The standard InChI is InChI=1S/C17H15N3O3/c1-10-6-7-13(15(21)8-10)18-16(22)9-14-11-4-2-3-5-12(11)17(23)20-19-14/h2-8,21H,9H2,1H3,(H,18,22)(H,20,23). The predicted octanol–water partition coefficient (Wildman–Crippen LogP) is 2.12. The lowest BCUT2D eigenvalue weighted by atomic mass is 10.1. The topological polar surface area (TPSA) is 95.1 Å². The van der Waals surface area contributed by atoms with Crippen LogP contribution in [0.25, 0.3) is 10.8 Å². The molecule has 3 aromatic rings. The number of carbonyl (C=O) groups is 1. The number of aromatic nitrogens is 2. The summed E-state index contributed by atoms with van der Waals surface area (Å²) in [5, 5.41) is 20.0. The van der Waals surface area contributed by atoms with Gasteiger partial charge in [0.1, 0.15) is 5.75 Å². The molecule has 0 bridgehead atoms. The monoisotopic (exact) mass is 309 g/mol. The van der Waals surface area contributed by atoms with Crippen LogP contribution in [-0.2, 0) is 11.2 Å². The third-order valence-electron chi connectivity index (χ3n) is 3.53. The van der Waals surface area contributed by atoms with Crippen LogP contribution in [0.5, 0.6) is 5.75 Å². The van der Waals surface area contributed by atoms with Gasteiger partial charge < -0.3 is 10.4 Å². The fraction of sp³-hybridized carbons (Fsp3) is 0.118. The van der Waals surface area contributed by atoms with E-state index in [1.807, 2.05) is 6.92 Å². The molecule has 3 rings (SSSR count). The number of aromatic amines is 1. The van der Waals surface area contributed by atoms with Crippen LogP contribution in [0.2, 0.25) is 0 Å². The molecule has 1 amide bonds. The van der Waals surface area contributed by atoms with Gasteiger partial charge in [-0.2, -0.15) is 5.10 Å². The van der Waals surface area contributed by atoms with Crippen molar-refractivity contribution in [1.29, 1.82) is 0 Å². The van der Waals surface area contributed by atoms with Gasteiger partial charge in [-0.3, -0.25) is 9.59 Å². The van der Waals surface area contributed by atoms with Crippen molar-refractivity contribution in [3.63, 3.8) is 0 Å². The molecule has 0 atom stereocenters. The van der Waals surface area contributed by atoms with E-state index in [1.165, 1.54) is 0 Å². The van der Waals surface area contributed by atoms with Gasteiger partial charge in [0, 0.05) is 5.39 Å². The van der Waals surface area contributed by atoms with Crippen LogP contribution in [0.4, 0.5) is 5.69 Å². The minimum Gasteiger partial charge on any atom is -0.506 e. The summed E-state index contributed by atoms with van der Waals surface area (Å²) in [6.07, 6.45) is -0.00932. The number of aromatic hydroxyl groups is 1. The summed E-state index contributed by atoms with van der Waals surface area (Å²) in [4.78, 5) is 23.9. The Labute approximate surface area is 131 Å². The lowest BCUT2D eigenvalue weighted by Gasteiger charge is -2.08. The first-order valence-corrected chi connectivity index (χ1v) is 7.10. The first kappa shape index (κ1) is 14.8. The van der Waals surface area contributed by atoms with Crippen LogP contribution in [-0.4, -0.2) is 21.2 Å². The highest BCUT2D eigenvalue weighted by atomic mass is 16.3. The molecule has 3 N–H and O–H groups in total. The Kier molecular flexibility index (Phi) is 3.80. The molecule has 1 aromatic heterocycles. The van der Waals surface area contributed by atoms with E-state index in [1.54, 1.807) is 42.5 Å². The molecule has 0 spiro atoms. The van der Waals surface area contributed by atoms with Crippen LogP contribution in [0.1, 0.15) is 11.3 Å². The van der Waals surface area contributed by atoms with Crippen LogP contribution in [0, 0.1) is 6.92 Å². The molecular weight excluding hydrogens is 294 g/mol. The Bertz CT molecular complexity index is 947. The number of rotatable bonds is 3. The highest BCUT2D eigenvalue weighted by Crippen LogP contribution is 2.24. The number of hydrogen-bond acceptors (Lipinski definition) is 4. The van der Waals surface area contributed by atoms with E-state index in [9.17, 15) is 14.7 Å². The lowest BCUT2D eigenvalue weighted by Crippen LogP contribution is -2.18. The Morgan fingerprint density at radius 3 is 2.70 bits per heavy atom. The number of carbonyl (C=O) groups excluding carboxylic acids is 1. The fourth-order valence-corrected chi connectivity index (χ4v) is 2.40. The number of nitrogens with one attached hydrogen (secondary N) is 2. The maximum atomic E-state index is 12.2. The van der Waals surface area contributed by atoms with Crippen molar-refractivity contribution in [1.82, 2.24) is 10.2 Å². The fourth-order valence-electron chi connectivity index (χ4n) is 2.40. The highest BCUT2D eigenvalue weighted by molar-refractivity contribution is 5.96. The van der Waals surface area contributed by atoms with Crippen LogP contribution in [0.3, 0.4) is 0 Å². The number of benzene rings is 2. The second kappa shape index (κ2) is 5.92. The molecule has 6 nitrogen and oxygen atoms in total. The van der Waals surface area contributed by atoms with E-state index in [-0.39, 0.29) is 23.6 Å². The number of phenolic OH excluding ortho intramolecular Hbond substituents is 1. The number of amides is 1. The van der Waals surface area contributed by atoms with E-state index in [4.69, 9.17) is 0 Å². The molecule has 1 heterocycles. The zero-order chi connectivity index (χ0) is 16.4. The molecule has 0 aliphatic heterocycles. The minimum atomic E-state index is -0.325. The average Bonchev–Trinajstić information content (AvgIpc) is 2.53. The molecule has 0 aliphatic rings. The summed E-state index contributed by atoms with van der Waals surface area (Å²) in [5.74, 6) is -0.313. The number of phenols is 1. The van der Waals surface area contributed by atoms with E-state index in [0.717, 1.165) is 5.56 Å². The van der Waals surface area contributed by atoms with E-state index in [0.29, 0.717) is 22.2 Å². The van der Waals surface area contributed by atoms with E-state index >= 15 is 0 Å². The van der Waals surface area contributed by atoms with Crippen LogP contribution >= 0.6 is 0 Å². The quantitative estimate of drug-likeness (QED) is 0.646. The first-order chi connectivity index (χ1) is 11.0. The maximum Gasteiger partial charge on any atom is 0.272 e. The van der Waals surface area contributed by atoms with Crippen LogP contribution in [0.15, 0.2) is 47.3 Å². The normalized spacial score (nSPS) is 10.7. The Hall–Kier alpha value is -3.15. The molecule has 2 aromatic carbocycles. The Morgan fingerprint density at radius 2 is 1.96 bits per heavy atom. The number of fused-ring (bicyclic) bond motifs is 1. The van der Waals surface area contributed by atoms with Crippen molar-refractivity contribution in [3.05, 3.63) is 64.1 Å². The smallest absolute Gasteiger partial charge is 0.272 e. The van der Waals surface area contributed by atoms with Crippen molar-refractivity contribution in [2.45, 2.75) is 13.3 Å². The van der Waals surface area contributed by atoms with Crippen molar-refractivity contribution in [2.24, 2.45) is 0 Å². The third-order valence-corrected chi connectivity index (χ3v) is 3.53. The van der Waals surface area contributed by atoms with Gasteiger partial charge in [0.2, 0.25) is 5.91 Å². The molecule has 6 heteroatoms. The highest BCUT2D eigenvalue weighted by Gasteiger charge is 2.12. The van der Waals surface area contributed by atoms with Gasteiger partial charge in [-0.1, -0.05) is 24.3 Å². The molecule has 0 fully saturated rings. The van der Waals surface area contributed by atoms with E-state index in [2.05, 4.69) is 15.5 Å². The number of H-pyrrole nitrogens is 1. The largest absolute Gasteiger partial charge is 0.506 e. The van der Waals surface area contributed by atoms with Gasteiger partial charge >= 0.3 is 0 Å². The molecule has 0 radical (unpaired) electrons. The third kappa shape index (κ3) is 3.06. The van der Waals surface area contributed by atoms with Gasteiger partial charge in [0.05, 0.1) is 23.2 Å². The summed E-state index contributed by atoms with van der Waals surface area (Å²) >= 11 is 0. The van der Waals surface area contributed by atoms with Gasteiger partial charge in [-0.25, -0.2) is 5.10 Å². The molecular formula is C17H15N3O3. The lowest BCUT2D eigenvalue weighted by molar-refractivity contribution is -0.115. The molecule has 116 valence electrons. The maximum absolute atomic E-state index is 12.2. The number of nitrogens with zero attached hydrogens (tertiary/aromatic N) is 1. The molecule has 0 aliphatic carbocycles. The summed E-state index contributed by atoms with van der Waals surface area (Å²) in [6, 6.07) is 12.0. The average molecular weight is 309 g/mol. The van der Waals surface area contributed by atoms with E-state index < -0.39 is 0 Å². The second-order valence-corrected chi connectivity index (χ2v) is 5.29. The molecule has 0 saturated carbocycles. The van der Waals surface area contributed by atoms with Crippen molar-refractivity contribution < 1.29 is 9.90 Å². The summed E-state index contributed by atoms with van der Waals surface area (Å²) in [5.41, 5.74) is 1.42. The van der Waals surface area contributed by atoms with Crippen LogP contribution < -0.4 is 10.9 Å². The Morgan fingerprint density at radius 1 is 1.22 bits per heavy atom. The molecule has 0 saturated heterocycles. The summed E-state index contributed by atoms with van der Waals surface area (Å²) in [7, 11) is 0. The zero-order valence-corrected chi connectivity index (χ0v) is 12.5. The van der Waals surface area contributed by atoms with Crippen molar-refractivity contribution in [3.8, 4) is 5.75 Å². The summed E-state index contributed by atoms with van der Waals surface area (Å²) < 4.78 is 0. The van der Waals surface area contributed by atoms with Gasteiger partial charge in [-0.15, -0.1) is 0 Å². The molecule has 23 heavy (non-hydrogen) atoms. The second-order valence-electron chi connectivity index (χ2n) is 5.29. The van der Waals surface area contributed by atoms with Gasteiger partial charge in [-0.05, 0) is 30.7 Å². The molecule has 0 unspecified atom stereocenters. The predicted molar refractivity (Wildman–Crippen MR) is 87.5 cm³/mol. The van der Waals surface area contributed by atoms with Gasteiger partial charge in [0.25, 0.3) is 5.56 Å². The van der Waals surface area contributed by atoms with Crippen molar-refractivity contribution in [2.75, 3.05) is 5.32 Å². The summed E-state index contributed by atoms with van der Waals surface area (Å²) in [6.45, 7) is 1.85. The SMILES string of the molecule is Cc1ccc(NC(=O)Cc2n[nH]c(=O)c3ccccc23)c(O)c1. The first-order valence-electron chi connectivity index (χ1n) is 7.10. The number of anilines is 1. The number of aryl methyl sites for hydroxylation is 1. The Balaban J connectivity index is 1.86. The number of hydrogen-bond donors (Lipinski definition) is 3. The van der Waals surface area contributed by atoms with Crippen molar-refractivity contribution >= 4 is 22.4 Å². The minimum absolute atomic E-state index is 0.00932. The van der Waals surface area contributed by atoms with Gasteiger partial charge in [0.15, 0.2) is 0 Å².